The predicted octanol–water partition coefficient (Wildman–Crippen LogP) is 3.16. The summed E-state index contributed by atoms with van der Waals surface area (Å²) in [6, 6.07) is 6.47. The number of aromatic nitrogens is 1. The SMILES string of the molecule is CC1CCN(C(=O)c2csc(Nc3ccc(S(C)(=O)=O)cc3)n2)CC1. The van der Waals surface area contributed by atoms with Gasteiger partial charge in [0.1, 0.15) is 5.69 Å². The van der Waals surface area contributed by atoms with Gasteiger partial charge in [-0.2, -0.15) is 0 Å². The van der Waals surface area contributed by atoms with E-state index in [-0.39, 0.29) is 10.8 Å². The van der Waals surface area contributed by atoms with Crippen LogP contribution in [0.25, 0.3) is 0 Å². The molecular formula is C17H21N3O3S2. The number of nitrogens with zero attached hydrogens (tertiary/aromatic N) is 2. The van der Waals surface area contributed by atoms with Crippen molar-refractivity contribution in [1.29, 1.82) is 0 Å². The lowest BCUT2D eigenvalue weighted by Gasteiger charge is -2.29. The molecule has 0 radical (unpaired) electrons. The minimum absolute atomic E-state index is 0.0244. The van der Waals surface area contributed by atoms with Crippen LogP contribution in [-0.4, -0.2) is 43.6 Å². The molecule has 0 atom stereocenters. The third-order valence-corrected chi connectivity index (χ3v) is 6.21. The van der Waals surface area contributed by atoms with Gasteiger partial charge in [0, 0.05) is 30.4 Å². The first-order chi connectivity index (χ1) is 11.8. The van der Waals surface area contributed by atoms with Gasteiger partial charge >= 0.3 is 0 Å². The molecule has 2 heterocycles. The second-order valence-corrected chi connectivity index (χ2v) is 9.31. The van der Waals surface area contributed by atoms with Gasteiger partial charge in [0.2, 0.25) is 0 Å². The second-order valence-electron chi connectivity index (χ2n) is 6.43. The van der Waals surface area contributed by atoms with Gasteiger partial charge in [0.25, 0.3) is 5.91 Å². The van der Waals surface area contributed by atoms with Crippen molar-refractivity contribution in [3.8, 4) is 0 Å². The number of sulfone groups is 1. The predicted molar refractivity (Wildman–Crippen MR) is 99.3 cm³/mol. The Morgan fingerprint density at radius 3 is 2.48 bits per heavy atom. The first-order valence-electron chi connectivity index (χ1n) is 8.15. The Balaban J connectivity index is 1.66. The van der Waals surface area contributed by atoms with Gasteiger partial charge in [-0.25, -0.2) is 13.4 Å². The number of thiazole rings is 1. The molecule has 25 heavy (non-hydrogen) atoms. The lowest BCUT2D eigenvalue weighted by atomic mass is 9.99. The zero-order valence-corrected chi connectivity index (χ0v) is 15.9. The van der Waals surface area contributed by atoms with Crippen molar-refractivity contribution < 1.29 is 13.2 Å². The highest BCUT2D eigenvalue weighted by Crippen LogP contribution is 2.24. The highest BCUT2D eigenvalue weighted by molar-refractivity contribution is 7.90. The number of hydrogen-bond acceptors (Lipinski definition) is 6. The van der Waals surface area contributed by atoms with E-state index in [1.807, 2.05) is 4.90 Å². The van der Waals surface area contributed by atoms with Gasteiger partial charge in [-0.05, 0) is 43.0 Å². The van der Waals surface area contributed by atoms with Crippen molar-refractivity contribution in [3.05, 3.63) is 35.3 Å². The van der Waals surface area contributed by atoms with E-state index in [1.165, 1.54) is 17.6 Å². The number of rotatable bonds is 4. The number of hydrogen-bond donors (Lipinski definition) is 1. The van der Waals surface area contributed by atoms with E-state index >= 15 is 0 Å². The lowest BCUT2D eigenvalue weighted by Crippen LogP contribution is -2.38. The molecule has 0 bridgehead atoms. The molecular weight excluding hydrogens is 358 g/mol. The Morgan fingerprint density at radius 2 is 1.88 bits per heavy atom. The fourth-order valence-corrected chi connectivity index (χ4v) is 4.05. The van der Waals surface area contributed by atoms with Crippen LogP contribution in [0.5, 0.6) is 0 Å². The molecule has 0 saturated carbocycles. The zero-order chi connectivity index (χ0) is 18.0. The summed E-state index contributed by atoms with van der Waals surface area (Å²) in [5, 5.41) is 5.48. The van der Waals surface area contributed by atoms with E-state index in [1.54, 1.807) is 29.6 Å². The monoisotopic (exact) mass is 379 g/mol. The smallest absolute Gasteiger partial charge is 0.273 e. The third kappa shape index (κ3) is 4.38. The maximum absolute atomic E-state index is 12.5. The average Bonchev–Trinajstić information content (AvgIpc) is 3.03. The molecule has 2 aromatic rings. The van der Waals surface area contributed by atoms with E-state index in [9.17, 15) is 13.2 Å². The lowest BCUT2D eigenvalue weighted by molar-refractivity contribution is 0.0692. The van der Waals surface area contributed by atoms with E-state index in [0.29, 0.717) is 16.7 Å². The van der Waals surface area contributed by atoms with Gasteiger partial charge in [-0.3, -0.25) is 4.79 Å². The number of amides is 1. The summed E-state index contributed by atoms with van der Waals surface area (Å²) in [6.07, 6.45) is 3.25. The van der Waals surface area contributed by atoms with Crippen LogP contribution in [0.3, 0.4) is 0 Å². The fourth-order valence-electron chi connectivity index (χ4n) is 2.71. The summed E-state index contributed by atoms with van der Waals surface area (Å²) in [5.41, 5.74) is 1.18. The van der Waals surface area contributed by atoms with Gasteiger partial charge < -0.3 is 10.2 Å². The summed E-state index contributed by atoms with van der Waals surface area (Å²) < 4.78 is 23.0. The Morgan fingerprint density at radius 1 is 1.24 bits per heavy atom. The minimum Gasteiger partial charge on any atom is -0.337 e. The number of benzene rings is 1. The molecule has 0 unspecified atom stereocenters. The molecule has 1 aromatic carbocycles. The Bertz CT molecular complexity index is 852. The van der Waals surface area contributed by atoms with Crippen molar-refractivity contribution in [2.45, 2.75) is 24.7 Å². The normalized spacial score (nSPS) is 16.0. The molecule has 1 saturated heterocycles. The van der Waals surface area contributed by atoms with Gasteiger partial charge in [0.15, 0.2) is 15.0 Å². The second kappa shape index (κ2) is 7.13. The van der Waals surface area contributed by atoms with Crippen LogP contribution in [0.15, 0.2) is 34.5 Å². The van der Waals surface area contributed by atoms with Gasteiger partial charge in [0.05, 0.1) is 4.90 Å². The topological polar surface area (TPSA) is 79.4 Å². The number of carbonyl (C=O) groups excluding carboxylic acids is 1. The van der Waals surface area contributed by atoms with Crippen molar-refractivity contribution in [2.75, 3.05) is 24.7 Å². The summed E-state index contributed by atoms with van der Waals surface area (Å²) >= 11 is 1.36. The fraction of sp³-hybridized carbons (Fsp3) is 0.412. The Hall–Kier alpha value is -1.93. The van der Waals surface area contributed by atoms with Crippen molar-refractivity contribution >= 4 is 37.9 Å². The van der Waals surface area contributed by atoms with Crippen LogP contribution in [0.4, 0.5) is 10.8 Å². The first kappa shape index (κ1) is 17.9. The van der Waals surface area contributed by atoms with E-state index < -0.39 is 9.84 Å². The molecule has 1 N–H and O–H groups in total. The summed E-state index contributed by atoms with van der Waals surface area (Å²) in [6.45, 7) is 3.78. The highest BCUT2D eigenvalue weighted by Gasteiger charge is 2.23. The third-order valence-electron chi connectivity index (χ3n) is 4.33. The molecule has 0 aliphatic carbocycles. The van der Waals surface area contributed by atoms with Gasteiger partial charge in [-0.15, -0.1) is 11.3 Å². The van der Waals surface area contributed by atoms with Crippen LogP contribution >= 0.6 is 11.3 Å². The molecule has 1 aromatic heterocycles. The molecule has 1 aliphatic heterocycles. The van der Waals surface area contributed by atoms with Crippen LogP contribution in [0, 0.1) is 5.92 Å². The minimum atomic E-state index is -3.21. The molecule has 1 amide bonds. The van der Waals surface area contributed by atoms with Gasteiger partial charge in [-0.1, -0.05) is 6.92 Å². The largest absolute Gasteiger partial charge is 0.337 e. The highest BCUT2D eigenvalue weighted by atomic mass is 32.2. The standard InChI is InChI=1S/C17H21N3O3S2/c1-12-7-9-20(10-8-12)16(21)15-11-24-17(19-15)18-13-3-5-14(6-4-13)25(2,22)23/h3-6,11-12H,7-10H2,1-2H3,(H,18,19). The van der Waals surface area contributed by atoms with Crippen molar-refractivity contribution in [1.82, 2.24) is 9.88 Å². The number of anilines is 2. The van der Waals surface area contributed by atoms with E-state index in [4.69, 9.17) is 0 Å². The zero-order valence-electron chi connectivity index (χ0n) is 14.2. The maximum atomic E-state index is 12.5. The number of piperidine rings is 1. The van der Waals surface area contributed by atoms with Crippen molar-refractivity contribution in [3.63, 3.8) is 0 Å². The molecule has 1 fully saturated rings. The quantitative estimate of drug-likeness (QED) is 0.883. The average molecular weight is 380 g/mol. The number of carbonyl (C=O) groups is 1. The first-order valence-corrected chi connectivity index (χ1v) is 10.9. The summed E-state index contributed by atoms with van der Waals surface area (Å²) in [4.78, 5) is 19.0. The molecule has 8 heteroatoms. The van der Waals surface area contributed by atoms with E-state index in [0.717, 1.165) is 31.6 Å². The summed E-state index contributed by atoms with van der Waals surface area (Å²) in [5.74, 6) is 0.648. The molecule has 0 spiro atoms. The van der Waals surface area contributed by atoms with Crippen LogP contribution in [-0.2, 0) is 9.84 Å². The van der Waals surface area contributed by atoms with E-state index in [2.05, 4.69) is 17.2 Å². The van der Waals surface area contributed by atoms with Crippen LogP contribution in [0.2, 0.25) is 0 Å². The molecule has 1 aliphatic rings. The summed E-state index contributed by atoms with van der Waals surface area (Å²) in [7, 11) is -3.21. The van der Waals surface area contributed by atoms with Crippen LogP contribution in [0.1, 0.15) is 30.3 Å². The Kier molecular flexibility index (Phi) is 5.10. The molecule has 6 nitrogen and oxygen atoms in total. The van der Waals surface area contributed by atoms with Crippen LogP contribution < -0.4 is 5.32 Å². The number of nitrogens with one attached hydrogen (secondary N) is 1. The molecule has 3 rings (SSSR count). The number of likely N-dealkylation sites (tertiary alicyclic amines) is 1. The van der Waals surface area contributed by atoms with Crippen molar-refractivity contribution in [2.24, 2.45) is 5.92 Å². The molecule has 134 valence electrons. The maximum Gasteiger partial charge on any atom is 0.273 e. The Labute approximate surface area is 151 Å².